The molecule has 0 bridgehead atoms. The number of hydrogen-bond acceptors (Lipinski definition) is 4. The SMILES string of the molecule is O=C(NC(CN1CCC1)C(O)c1ccc(OC2CC2)c(Cl)c1)C(F)(F)c1ccc(-c2ccc(F)cc2)cc1. The highest BCUT2D eigenvalue weighted by Gasteiger charge is 2.43. The molecule has 1 aliphatic heterocycles. The lowest BCUT2D eigenvalue weighted by molar-refractivity contribution is -0.149. The number of nitrogens with zero attached hydrogens (tertiary/aromatic N) is 1. The van der Waals surface area contributed by atoms with Gasteiger partial charge in [-0.1, -0.05) is 54.1 Å². The van der Waals surface area contributed by atoms with Crippen molar-refractivity contribution in [3.8, 4) is 16.9 Å². The molecule has 1 saturated carbocycles. The molecule has 0 radical (unpaired) electrons. The number of alkyl halides is 2. The van der Waals surface area contributed by atoms with Gasteiger partial charge in [0.25, 0.3) is 5.91 Å². The molecule has 1 saturated heterocycles. The maximum absolute atomic E-state index is 15.2. The molecule has 2 atom stereocenters. The van der Waals surface area contributed by atoms with E-state index < -0.39 is 35.4 Å². The fourth-order valence-electron chi connectivity index (χ4n) is 4.37. The van der Waals surface area contributed by atoms with Gasteiger partial charge in [0, 0.05) is 12.1 Å². The first kappa shape index (κ1) is 26.5. The minimum absolute atomic E-state index is 0.147. The lowest BCUT2D eigenvalue weighted by Gasteiger charge is -2.36. The van der Waals surface area contributed by atoms with Crippen molar-refractivity contribution < 1.29 is 27.8 Å². The number of amides is 1. The minimum Gasteiger partial charge on any atom is -0.489 e. The van der Waals surface area contributed by atoms with Crippen molar-refractivity contribution in [1.29, 1.82) is 0 Å². The number of aliphatic hydroxyl groups excluding tert-OH is 1. The van der Waals surface area contributed by atoms with Gasteiger partial charge in [-0.2, -0.15) is 8.78 Å². The van der Waals surface area contributed by atoms with E-state index in [0.29, 0.717) is 27.5 Å². The van der Waals surface area contributed by atoms with Crippen LogP contribution in [0.2, 0.25) is 5.02 Å². The van der Waals surface area contributed by atoms with Gasteiger partial charge in [-0.05, 0) is 73.3 Å². The third kappa shape index (κ3) is 5.98. The van der Waals surface area contributed by atoms with Crippen LogP contribution in [0.25, 0.3) is 11.1 Å². The second-order valence-corrected chi connectivity index (χ2v) is 10.3. The molecule has 5 nitrogen and oxygen atoms in total. The molecule has 9 heteroatoms. The standard InChI is InChI=1S/C29H28ClF3N2O3/c30-24-16-20(6-13-26(24)38-23-11-12-23)27(36)25(17-35-14-1-15-35)34-28(37)29(32,33)21-7-2-18(3-8-21)19-4-9-22(31)10-5-19/h2-10,13,16,23,25,27,36H,1,11-12,14-15,17H2,(H,34,37). The summed E-state index contributed by atoms with van der Waals surface area (Å²) in [5.74, 6) is -5.23. The largest absolute Gasteiger partial charge is 0.489 e. The fraction of sp³-hybridized carbons (Fsp3) is 0.345. The summed E-state index contributed by atoms with van der Waals surface area (Å²) in [5, 5.41) is 13.8. The van der Waals surface area contributed by atoms with Crippen LogP contribution in [-0.2, 0) is 10.7 Å². The number of halogens is 4. The van der Waals surface area contributed by atoms with E-state index in [0.717, 1.165) is 32.4 Å². The normalized spacial score (nSPS) is 17.4. The molecule has 2 unspecified atom stereocenters. The summed E-state index contributed by atoms with van der Waals surface area (Å²) in [6.07, 6.45) is 1.78. The van der Waals surface area contributed by atoms with Gasteiger partial charge in [0.05, 0.1) is 17.2 Å². The van der Waals surface area contributed by atoms with E-state index in [4.69, 9.17) is 16.3 Å². The van der Waals surface area contributed by atoms with Crippen molar-refractivity contribution in [1.82, 2.24) is 10.2 Å². The number of carbonyl (C=O) groups is 1. The molecule has 38 heavy (non-hydrogen) atoms. The Morgan fingerprint density at radius 3 is 2.24 bits per heavy atom. The van der Waals surface area contributed by atoms with Gasteiger partial charge in [0.15, 0.2) is 0 Å². The molecular weight excluding hydrogens is 517 g/mol. The van der Waals surface area contributed by atoms with Crippen molar-refractivity contribution in [3.05, 3.63) is 88.7 Å². The number of nitrogens with one attached hydrogen (secondary N) is 1. The summed E-state index contributed by atoms with van der Waals surface area (Å²) in [6.45, 7) is 1.73. The Hall–Kier alpha value is -3.07. The van der Waals surface area contributed by atoms with Crippen LogP contribution in [0.3, 0.4) is 0 Å². The average Bonchev–Trinajstić information content (AvgIpc) is 3.71. The van der Waals surface area contributed by atoms with Crippen molar-refractivity contribution in [3.63, 3.8) is 0 Å². The van der Waals surface area contributed by atoms with Crippen LogP contribution in [0.4, 0.5) is 13.2 Å². The molecule has 2 aliphatic rings. The summed E-state index contributed by atoms with van der Waals surface area (Å²) < 4.78 is 49.4. The number of aliphatic hydroxyl groups is 1. The molecule has 2 fully saturated rings. The third-order valence-corrected chi connectivity index (χ3v) is 7.22. The van der Waals surface area contributed by atoms with Crippen LogP contribution in [-0.4, -0.2) is 47.7 Å². The Morgan fingerprint density at radius 2 is 1.68 bits per heavy atom. The zero-order chi connectivity index (χ0) is 26.9. The molecule has 1 heterocycles. The summed E-state index contributed by atoms with van der Waals surface area (Å²) in [6, 6.07) is 14.8. The molecular formula is C29H28ClF3N2O3. The highest BCUT2D eigenvalue weighted by atomic mass is 35.5. The topological polar surface area (TPSA) is 61.8 Å². The van der Waals surface area contributed by atoms with Crippen molar-refractivity contribution >= 4 is 17.5 Å². The minimum atomic E-state index is -3.84. The lowest BCUT2D eigenvalue weighted by Crippen LogP contribution is -2.53. The number of likely N-dealkylation sites (tertiary alicyclic amines) is 1. The number of hydrogen-bond donors (Lipinski definition) is 2. The summed E-state index contributed by atoms with van der Waals surface area (Å²) in [7, 11) is 0. The Morgan fingerprint density at radius 1 is 1.05 bits per heavy atom. The van der Waals surface area contributed by atoms with E-state index in [-0.39, 0.29) is 12.6 Å². The van der Waals surface area contributed by atoms with Gasteiger partial charge in [-0.3, -0.25) is 4.79 Å². The van der Waals surface area contributed by atoms with E-state index in [1.807, 2.05) is 4.90 Å². The van der Waals surface area contributed by atoms with E-state index in [9.17, 15) is 14.3 Å². The summed E-state index contributed by atoms with van der Waals surface area (Å²) in [5.41, 5.74) is 1.19. The van der Waals surface area contributed by atoms with Crippen LogP contribution < -0.4 is 10.1 Å². The lowest BCUT2D eigenvalue weighted by atomic mass is 9.98. The fourth-order valence-corrected chi connectivity index (χ4v) is 4.60. The maximum Gasteiger partial charge on any atom is 0.349 e. The second kappa shape index (κ2) is 11.0. The first-order valence-electron chi connectivity index (χ1n) is 12.6. The molecule has 1 aliphatic carbocycles. The maximum atomic E-state index is 15.2. The molecule has 5 rings (SSSR count). The Labute approximate surface area is 224 Å². The van der Waals surface area contributed by atoms with E-state index >= 15 is 8.78 Å². The van der Waals surface area contributed by atoms with Crippen molar-refractivity contribution in [2.24, 2.45) is 0 Å². The zero-order valence-electron chi connectivity index (χ0n) is 20.5. The highest BCUT2D eigenvalue weighted by Crippen LogP contribution is 2.35. The molecule has 1 amide bonds. The van der Waals surface area contributed by atoms with Gasteiger partial charge in [-0.15, -0.1) is 0 Å². The number of ether oxygens (including phenoxy) is 1. The molecule has 3 aromatic rings. The Bertz CT molecular complexity index is 1280. The van der Waals surface area contributed by atoms with Gasteiger partial charge in [-0.25, -0.2) is 4.39 Å². The summed E-state index contributed by atoms with van der Waals surface area (Å²) in [4.78, 5) is 14.8. The van der Waals surface area contributed by atoms with E-state index in [1.165, 1.54) is 36.4 Å². The molecule has 200 valence electrons. The van der Waals surface area contributed by atoms with E-state index in [1.54, 1.807) is 30.3 Å². The second-order valence-electron chi connectivity index (χ2n) is 9.84. The van der Waals surface area contributed by atoms with Gasteiger partial charge in [0.2, 0.25) is 0 Å². The van der Waals surface area contributed by atoms with Crippen LogP contribution in [0.5, 0.6) is 5.75 Å². The number of rotatable bonds is 10. The smallest absolute Gasteiger partial charge is 0.349 e. The quantitative estimate of drug-likeness (QED) is 0.343. The Balaban J connectivity index is 1.31. The van der Waals surface area contributed by atoms with Gasteiger partial charge >= 0.3 is 5.92 Å². The van der Waals surface area contributed by atoms with Crippen LogP contribution in [0.1, 0.15) is 36.5 Å². The number of benzene rings is 3. The molecule has 0 aromatic heterocycles. The molecule has 2 N–H and O–H groups in total. The van der Waals surface area contributed by atoms with Crippen LogP contribution >= 0.6 is 11.6 Å². The van der Waals surface area contributed by atoms with Gasteiger partial charge < -0.3 is 20.1 Å². The van der Waals surface area contributed by atoms with E-state index in [2.05, 4.69) is 5.32 Å². The first-order chi connectivity index (χ1) is 18.2. The monoisotopic (exact) mass is 544 g/mol. The highest BCUT2D eigenvalue weighted by molar-refractivity contribution is 6.32. The average molecular weight is 545 g/mol. The molecule has 3 aromatic carbocycles. The number of carbonyl (C=O) groups excluding carboxylic acids is 1. The van der Waals surface area contributed by atoms with Crippen molar-refractivity contribution in [2.45, 2.75) is 43.4 Å². The predicted octanol–water partition coefficient (Wildman–Crippen LogP) is 5.70. The zero-order valence-corrected chi connectivity index (χ0v) is 21.3. The van der Waals surface area contributed by atoms with Crippen molar-refractivity contribution in [2.75, 3.05) is 19.6 Å². The summed E-state index contributed by atoms with van der Waals surface area (Å²) >= 11 is 6.34. The predicted molar refractivity (Wildman–Crippen MR) is 139 cm³/mol. The Kier molecular flexibility index (Phi) is 7.66. The van der Waals surface area contributed by atoms with Crippen LogP contribution in [0.15, 0.2) is 66.7 Å². The third-order valence-electron chi connectivity index (χ3n) is 6.93. The molecule has 0 spiro atoms. The van der Waals surface area contributed by atoms with Gasteiger partial charge in [0.1, 0.15) is 17.7 Å². The first-order valence-corrected chi connectivity index (χ1v) is 13.0. The van der Waals surface area contributed by atoms with Crippen LogP contribution in [0, 0.1) is 5.82 Å².